The molecule has 0 aromatic heterocycles. The molecule has 0 atom stereocenters. The number of benzene rings is 2. The Bertz CT molecular complexity index is 775. The lowest BCUT2D eigenvalue weighted by Crippen LogP contribution is -2.22. The van der Waals surface area contributed by atoms with Crippen LogP contribution in [-0.4, -0.2) is 23.5 Å². The topological polar surface area (TPSA) is 75.6 Å². The summed E-state index contributed by atoms with van der Waals surface area (Å²) in [4.78, 5) is 22.3. The van der Waals surface area contributed by atoms with Crippen molar-refractivity contribution in [1.29, 1.82) is 0 Å². The highest BCUT2D eigenvalue weighted by molar-refractivity contribution is 9.10. The van der Waals surface area contributed by atoms with E-state index in [-0.39, 0.29) is 12.3 Å². The molecule has 0 saturated heterocycles. The molecule has 0 aliphatic heterocycles. The number of amides is 1. The minimum Gasteiger partial charge on any atom is -0.488 e. The number of carboxylic acids is 1. The van der Waals surface area contributed by atoms with Crippen LogP contribution in [0, 0.1) is 0 Å². The van der Waals surface area contributed by atoms with E-state index in [4.69, 9.17) is 9.84 Å². The number of carbonyl (C=O) groups is 2. The predicted octanol–water partition coefficient (Wildman–Crippen LogP) is 4.02. The molecule has 0 aliphatic carbocycles. The lowest BCUT2D eigenvalue weighted by molar-refractivity contribution is -0.137. The van der Waals surface area contributed by atoms with Gasteiger partial charge in [0.05, 0.1) is 0 Å². The van der Waals surface area contributed by atoms with Crippen molar-refractivity contribution < 1.29 is 19.4 Å². The molecule has 2 rings (SSSR count). The fourth-order valence-corrected chi connectivity index (χ4v) is 2.57. The van der Waals surface area contributed by atoms with Crippen molar-refractivity contribution in [2.24, 2.45) is 0 Å². The average Bonchev–Trinajstić information content (AvgIpc) is 2.63. The minimum atomic E-state index is -0.871. The van der Waals surface area contributed by atoms with Crippen molar-refractivity contribution in [2.45, 2.75) is 19.4 Å². The normalized spacial score (nSPS) is 10.7. The van der Waals surface area contributed by atoms with E-state index in [0.717, 1.165) is 15.6 Å². The second-order valence-electron chi connectivity index (χ2n) is 5.58. The van der Waals surface area contributed by atoms with Gasteiger partial charge in [0.2, 0.25) is 5.91 Å². The fourth-order valence-electron chi connectivity index (χ4n) is 2.19. The third-order valence-electron chi connectivity index (χ3n) is 3.49. The van der Waals surface area contributed by atoms with E-state index in [2.05, 4.69) is 21.2 Å². The first-order valence-electron chi connectivity index (χ1n) is 8.18. The second kappa shape index (κ2) is 10.4. The van der Waals surface area contributed by atoms with Crippen LogP contribution in [-0.2, 0) is 16.2 Å². The number of rotatable bonds is 9. The first-order chi connectivity index (χ1) is 12.5. The maximum absolute atomic E-state index is 11.8. The van der Waals surface area contributed by atoms with Gasteiger partial charge in [-0.1, -0.05) is 46.3 Å². The number of carbonyl (C=O) groups excluding carboxylic acids is 1. The third kappa shape index (κ3) is 7.11. The molecule has 2 aromatic carbocycles. The number of aliphatic carboxylic acids is 1. The molecule has 0 saturated carbocycles. The quantitative estimate of drug-likeness (QED) is 0.477. The first-order valence-corrected chi connectivity index (χ1v) is 8.98. The standard InChI is InChI=1S/C20H20BrNO4/c21-17-9-10-18(26-14-15-5-2-1-3-6-15)16(13-17)8-11-19(23)22-12-4-7-20(24)25/h1-3,5-6,8-11,13H,4,7,12,14H2,(H,22,23)(H,24,25)/b11-8+. The lowest BCUT2D eigenvalue weighted by Gasteiger charge is -2.10. The Kier molecular flexibility index (Phi) is 7.89. The highest BCUT2D eigenvalue weighted by Crippen LogP contribution is 2.25. The van der Waals surface area contributed by atoms with Gasteiger partial charge in [0.1, 0.15) is 12.4 Å². The molecule has 6 heteroatoms. The number of hydrogen-bond acceptors (Lipinski definition) is 3. The van der Waals surface area contributed by atoms with E-state index < -0.39 is 5.97 Å². The summed E-state index contributed by atoms with van der Waals surface area (Å²) < 4.78 is 6.75. The summed E-state index contributed by atoms with van der Waals surface area (Å²) in [7, 11) is 0. The molecule has 0 heterocycles. The summed E-state index contributed by atoms with van der Waals surface area (Å²) in [5.41, 5.74) is 1.83. The number of hydrogen-bond donors (Lipinski definition) is 2. The molecule has 5 nitrogen and oxygen atoms in total. The molecule has 26 heavy (non-hydrogen) atoms. The number of carboxylic acid groups (broad SMARTS) is 1. The Morgan fingerprint density at radius 1 is 1.15 bits per heavy atom. The van der Waals surface area contributed by atoms with Gasteiger partial charge in [0.25, 0.3) is 0 Å². The minimum absolute atomic E-state index is 0.0348. The maximum atomic E-state index is 11.8. The number of halogens is 1. The van der Waals surface area contributed by atoms with E-state index in [9.17, 15) is 9.59 Å². The molecular weight excluding hydrogens is 398 g/mol. The molecule has 0 unspecified atom stereocenters. The van der Waals surface area contributed by atoms with Crippen LogP contribution < -0.4 is 10.1 Å². The van der Waals surface area contributed by atoms with Crippen LogP contribution in [0.2, 0.25) is 0 Å². The van der Waals surface area contributed by atoms with Crippen LogP contribution >= 0.6 is 15.9 Å². The van der Waals surface area contributed by atoms with Crippen molar-refractivity contribution in [3.05, 3.63) is 70.2 Å². The maximum Gasteiger partial charge on any atom is 0.303 e. The zero-order chi connectivity index (χ0) is 18.8. The lowest BCUT2D eigenvalue weighted by atomic mass is 10.2. The van der Waals surface area contributed by atoms with Gasteiger partial charge in [-0.2, -0.15) is 0 Å². The molecule has 0 fully saturated rings. The molecule has 136 valence electrons. The Balaban J connectivity index is 1.95. The Morgan fingerprint density at radius 2 is 1.92 bits per heavy atom. The van der Waals surface area contributed by atoms with Gasteiger partial charge in [-0.3, -0.25) is 9.59 Å². The molecule has 0 radical (unpaired) electrons. The largest absolute Gasteiger partial charge is 0.488 e. The van der Waals surface area contributed by atoms with Crippen LogP contribution in [0.15, 0.2) is 59.1 Å². The molecule has 0 aliphatic rings. The van der Waals surface area contributed by atoms with E-state index in [0.29, 0.717) is 25.3 Å². The van der Waals surface area contributed by atoms with Crippen LogP contribution in [0.5, 0.6) is 5.75 Å². The van der Waals surface area contributed by atoms with Crippen LogP contribution in [0.25, 0.3) is 6.08 Å². The van der Waals surface area contributed by atoms with Gasteiger partial charge in [-0.25, -0.2) is 0 Å². The highest BCUT2D eigenvalue weighted by Gasteiger charge is 2.04. The van der Waals surface area contributed by atoms with Crippen LogP contribution in [0.4, 0.5) is 0 Å². The highest BCUT2D eigenvalue weighted by atomic mass is 79.9. The zero-order valence-electron chi connectivity index (χ0n) is 14.2. The van der Waals surface area contributed by atoms with Gasteiger partial charge in [0.15, 0.2) is 0 Å². The van der Waals surface area contributed by atoms with Gasteiger partial charge >= 0.3 is 5.97 Å². The van der Waals surface area contributed by atoms with Crippen molar-refractivity contribution in [3.8, 4) is 5.75 Å². The Morgan fingerprint density at radius 3 is 2.65 bits per heavy atom. The summed E-state index contributed by atoms with van der Waals surface area (Å²) in [6.07, 6.45) is 3.53. The van der Waals surface area contributed by atoms with Crippen molar-refractivity contribution in [1.82, 2.24) is 5.32 Å². The van der Waals surface area contributed by atoms with Gasteiger partial charge < -0.3 is 15.2 Å². The first kappa shape index (κ1) is 19.7. The molecule has 2 N–H and O–H groups in total. The summed E-state index contributed by atoms with van der Waals surface area (Å²) in [5, 5.41) is 11.2. The predicted molar refractivity (Wildman–Crippen MR) is 104 cm³/mol. The summed E-state index contributed by atoms with van der Waals surface area (Å²) in [6, 6.07) is 15.4. The van der Waals surface area contributed by atoms with Crippen molar-refractivity contribution in [3.63, 3.8) is 0 Å². The molecule has 2 aromatic rings. The Hall–Kier alpha value is -2.60. The molecular formula is C20H20BrNO4. The Labute approximate surface area is 160 Å². The fraction of sp³-hybridized carbons (Fsp3) is 0.200. The van der Waals surface area contributed by atoms with E-state index in [1.54, 1.807) is 6.08 Å². The van der Waals surface area contributed by atoms with E-state index >= 15 is 0 Å². The molecule has 1 amide bonds. The van der Waals surface area contributed by atoms with E-state index in [1.165, 1.54) is 6.08 Å². The van der Waals surface area contributed by atoms with Gasteiger partial charge in [-0.05, 0) is 36.3 Å². The van der Waals surface area contributed by atoms with Crippen LogP contribution in [0.3, 0.4) is 0 Å². The molecule has 0 bridgehead atoms. The van der Waals surface area contributed by atoms with Crippen LogP contribution in [0.1, 0.15) is 24.0 Å². The summed E-state index contributed by atoms with van der Waals surface area (Å²) in [6.45, 7) is 0.760. The SMILES string of the molecule is O=C(O)CCCNC(=O)/C=C/c1cc(Br)ccc1OCc1ccccc1. The summed E-state index contributed by atoms with van der Waals surface area (Å²) in [5.74, 6) is -0.472. The van der Waals surface area contributed by atoms with Gasteiger partial charge in [-0.15, -0.1) is 0 Å². The van der Waals surface area contributed by atoms with Gasteiger partial charge in [0, 0.05) is 29.1 Å². The van der Waals surface area contributed by atoms with Crippen molar-refractivity contribution >= 4 is 33.9 Å². The zero-order valence-corrected chi connectivity index (χ0v) is 15.7. The van der Waals surface area contributed by atoms with E-state index in [1.807, 2.05) is 48.5 Å². The second-order valence-corrected chi connectivity index (χ2v) is 6.49. The third-order valence-corrected chi connectivity index (χ3v) is 3.98. The van der Waals surface area contributed by atoms with Crippen molar-refractivity contribution in [2.75, 3.05) is 6.54 Å². The monoisotopic (exact) mass is 417 g/mol. The summed E-state index contributed by atoms with van der Waals surface area (Å²) >= 11 is 3.42. The number of nitrogens with one attached hydrogen (secondary N) is 1. The smallest absolute Gasteiger partial charge is 0.303 e. The molecule has 0 spiro atoms. The average molecular weight is 418 g/mol. The number of ether oxygens (including phenoxy) is 1.